The van der Waals surface area contributed by atoms with Crippen molar-refractivity contribution in [2.45, 2.75) is 45.8 Å². The summed E-state index contributed by atoms with van der Waals surface area (Å²) in [5, 5.41) is 2.85. The number of hydrogen-bond acceptors (Lipinski definition) is 5. The van der Waals surface area contributed by atoms with E-state index in [0.717, 1.165) is 12.7 Å². The zero-order chi connectivity index (χ0) is 19.7. The van der Waals surface area contributed by atoms with Gasteiger partial charge in [0.2, 0.25) is 10.0 Å². The van der Waals surface area contributed by atoms with Crippen LogP contribution in [0.2, 0.25) is 0 Å². The molecule has 26 heavy (non-hydrogen) atoms. The summed E-state index contributed by atoms with van der Waals surface area (Å²) >= 11 is 0. The lowest BCUT2D eigenvalue weighted by Crippen LogP contribution is -2.38. The van der Waals surface area contributed by atoms with Crippen molar-refractivity contribution >= 4 is 21.6 Å². The highest BCUT2D eigenvalue weighted by molar-refractivity contribution is 7.92. The van der Waals surface area contributed by atoms with E-state index in [9.17, 15) is 13.2 Å². The zero-order valence-corrected chi connectivity index (χ0v) is 17.0. The second-order valence-electron chi connectivity index (χ2n) is 6.30. The number of anilines is 1. The second kappa shape index (κ2) is 10.4. The Morgan fingerprint density at radius 3 is 2.35 bits per heavy atom. The predicted molar refractivity (Wildman–Crippen MR) is 103 cm³/mol. The van der Waals surface area contributed by atoms with E-state index >= 15 is 0 Å². The van der Waals surface area contributed by atoms with E-state index in [-0.39, 0.29) is 12.0 Å². The number of rotatable bonds is 11. The van der Waals surface area contributed by atoms with E-state index < -0.39 is 16.1 Å². The number of carbonyl (C=O) groups excluding carboxylic acids is 1. The van der Waals surface area contributed by atoms with Gasteiger partial charge in [-0.1, -0.05) is 6.92 Å². The van der Waals surface area contributed by atoms with E-state index in [4.69, 9.17) is 9.47 Å². The van der Waals surface area contributed by atoms with Crippen LogP contribution in [-0.4, -0.2) is 53.0 Å². The molecule has 0 bridgehead atoms. The molecule has 1 aromatic rings. The molecule has 1 N–H and O–H groups in total. The second-order valence-corrected chi connectivity index (χ2v) is 8.32. The first-order valence-corrected chi connectivity index (χ1v) is 10.6. The molecule has 8 heteroatoms. The molecule has 0 aliphatic rings. The van der Waals surface area contributed by atoms with Crippen molar-refractivity contribution < 1.29 is 22.7 Å². The van der Waals surface area contributed by atoms with E-state index in [0.29, 0.717) is 31.0 Å². The predicted octanol–water partition coefficient (Wildman–Crippen LogP) is 2.17. The van der Waals surface area contributed by atoms with E-state index in [1.54, 1.807) is 24.3 Å². The molecule has 0 aliphatic carbocycles. The molecule has 0 saturated carbocycles. The van der Waals surface area contributed by atoms with Crippen molar-refractivity contribution in [3.63, 3.8) is 0 Å². The van der Waals surface area contributed by atoms with Gasteiger partial charge in [0.1, 0.15) is 5.75 Å². The van der Waals surface area contributed by atoms with Crippen molar-refractivity contribution in [2.24, 2.45) is 0 Å². The van der Waals surface area contributed by atoms with Gasteiger partial charge in [0.05, 0.1) is 18.0 Å². The first-order valence-electron chi connectivity index (χ1n) is 8.75. The number of nitrogens with zero attached hydrogens (tertiary/aromatic N) is 1. The van der Waals surface area contributed by atoms with Gasteiger partial charge in [-0.15, -0.1) is 0 Å². The number of benzene rings is 1. The van der Waals surface area contributed by atoms with Crippen LogP contribution < -0.4 is 14.4 Å². The molecule has 0 saturated heterocycles. The minimum Gasteiger partial charge on any atom is -0.481 e. The lowest BCUT2D eigenvalue weighted by Gasteiger charge is -2.19. The normalized spacial score (nSPS) is 12.7. The number of carbonyl (C=O) groups is 1. The maximum Gasteiger partial charge on any atom is 0.261 e. The lowest BCUT2D eigenvalue weighted by molar-refractivity contribution is -0.128. The Morgan fingerprint density at radius 2 is 1.85 bits per heavy atom. The van der Waals surface area contributed by atoms with Crippen LogP contribution in [0.5, 0.6) is 5.75 Å². The quantitative estimate of drug-likeness (QED) is 0.589. The number of nitrogens with one attached hydrogen (secondary N) is 1. The summed E-state index contributed by atoms with van der Waals surface area (Å²) in [6, 6.07) is 6.60. The molecule has 1 atom stereocenters. The van der Waals surface area contributed by atoms with Crippen molar-refractivity contribution in [2.75, 3.05) is 30.8 Å². The Morgan fingerprint density at radius 1 is 1.23 bits per heavy atom. The average molecular weight is 387 g/mol. The van der Waals surface area contributed by atoms with Crippen LogP contribution in [0.3, 0.4) is 0 Å². The third-order valence-corrected chi connectivity index (χ3v) is 4.92. The average Bonchev–Trinajstić information content (AvgIpc) is 2.58. The summed E-state index contributed by atoms with van der Waals surface area (Å²) in [5.41, 5.74) is 0.530. The molecule has 0 spiro atoms. The van der Waals surface area contributed by atoms with Crippen LogP contribution in [0.25, 0.3) is 0 Å². The Bertz CT molecular complexity index is 659. The maximum atomic E-state index is 12.2. The number of ether oxygens (including phenoxy) is 2. The van der Waals surface area contributed by atoms with Gasteiger partial charge in [-0.3, -0.25) is 9.10 Å². The fraction of sp³-hybridized carbons (Fsp3) is 0.611. The first kappa shape index (κ1) is 22.2. The largest absolute Gasteiger partial charge is 0.481 e. The Kier molecular flexibility index (Phi) is 8.87. The SMILES string of the molecule is CC[C@@H](Oc1ccc(N(C)S(C)(=O)=O)cc1)C(=O)NCCCOC(C)C. The summed E-state index contributed by atoms with van der Waals surface area (Å²) in [6.45, 7) is 6.95. The molecule has 1 aromatic carbocycles. The molecule has 148 valence electrons. The van der Waals surface area contributed by atoms with E-state index in [1.165, 1.54) is 11.4 Å². The van der Waals surface area contributed by atoms with Gasteiger partial charge in [-0.2, -0.15) is 0 Å². The molecule has 0 unspecified atom stereocenters. The van der Waals surface area contributed by atoms with Crippen LogP contribution in [0.1, 0.15) is 33.6 Å². The highest BCUT2D eigenvalue weighted by Gasteiger charge is 2.18. The van der Waals surface area contributed by atoms with Gasteiger partial charge < -0.3 is 14.8 Å². The minimum absolute atomic E-state index is 0.172. The fourth-order valence-corrected chi connectivity index (χ4v) is 2.63. The Labute approximate surface area is 156 Å². The lowest BCUT2D eigenvalue weighted by atomic mass is 10.2. The summed E-state index contributed by atoms with van der Waals surface area (Å²) in [6.07, 6.45) is 1.99. The molecule has 0 fully saturated rings. The molecule has 1 amide bonds. The van der Waals surface area contributed by atoms with Gasteiger partial charge in [0.25, 0.3) is 5.91 Å². The molecule has 1 rings (SSSR count). The van der Waals surface area contributed by atoms with Gasteiger partial charge in [-0.25, -0.2) is 8.42 Å². The summed E-state index contributed by atoms with van der Waals surface area (Å²) in [4.78, 5) is 12.2. The third kappa shape index (κ3) is 7.61. The van der Waals surface area contributed by atoms with Gasteiger partial charge in [0, 0.05) is 20.2 Å². The zero-order valence-electron chi connectivity index (χ0n) is 16.2. The Balaban J connectivity index is 2.55. The van der Waals surface area contributed by atoms with Crippen molar-refractivity contribution in [3.8, 4) is 5.75 Å². The third-order valence-electron chi connectivity index (χ3n) is 3.71. The Hall–Kier alpha value is -1.80. The first-order chi connectivity index (χ1) is 12.1. The van der Waals surface area contributed by atoms with Gasteiger partial charge in [0.15, 0.2) is 6.10 Å². The molecular weight excluding hydrogens is 356 g/mol. The van der Waals surface area contributed by atoms with Crippen molar-refractivity contribution in [3.05, 3.63) is 24.3 Å². The summed E-state index contributed by atoms with van der Waals surface area (Å²) in [5.74, 6) is 0.343. The number of sulfonamides is 1. The standard InChI is InChI=1S/C18H30N2O5S/c1-6-17(18(21)19-12-7-13-24-14(2)3)25-16-10-8-15(9-11-16)20(4)26(5,22)23/h8-11,14,17H,6-7,12-13H2,1-5H3,(H,19,21)/t17-/m1/s1. The highest BCUT2D eigenvalue weighted by Crippen LogP contribution is 2.21. The van der Waals surface area contributed by atoms with Crippen LogP contribution >= 0.6 is 0 Å². The van der Waals surface area contributed by atoms with Gasteiger partial charge >= 0.3 is 0 Å². The molecule has 0 heterocycles. The van der Waals surface area contributed by atoms with Crippen LogP contribution in [0.15, 0.2) is 24.3 Å². The van der Waals surface area contributed by atoms with Gasteiger partial charge in [-0.05, 0) is 51.0 Å². The highest BCUT2D eigenvalue weighted by atomic mass is 32.2. The number of hydrogen-bond donors (Lipinski definition) is 1. The van der Waals surface area contributed by atoms with Crippen molar-refractivity contribution in [1.29, 1.82) is 0 Å². The molecule has 0 radical (unpaired) electrons. The van der Waals surface area contributed by atoms with E-state index in [1.807, 2.05) is 20.8 Å². The molecule has 0 aliphatic heterocycles. The monoisotopic (exact) mass is 386 g/mol. The number of amides is 1. The topological polar surface area (TPSA) is 84.9 Å². The van der Waals surface area contributed by atoms with Crippen LogP contribution in [0, 0.1) is 0 Å². The van der Waals surface area contributed by atoms with Crippen LogP contribution in [-0.2, 0) is 19.6 Å². The van der Waals surface area contributed by atoms with Crippen molar-refractivity contribution in [1.82, 2.24) is 5.32 Å². The fourth-order valence-electron chi connectivity index (χ4n) is 2.13. The molecule has 0 aromatic heterocycles. The summed E-state index contributed by atoms with van der Waals surface area (Å²) in [7, 11) is -1.83. The van der Waals surface area contributed by atoms with E-state index in [2.05, 4.69) is 5.32 Å². The maximum absolute atomic E-state index is 12.2. The molecular formula is C18H30N2O5S. The smallest absolute Gasteiger partial charge is 0.261 e. The van der Waals surface area contributed by atoms with Crippen LogP contribution in [0.4, 0.5) is 5.69 Å². The molecule has 7 nitrogen and oxygen atoms in total. The minimum atomic E-state index is -3.31. The summed E-state index contributed by atoms with van der Waals surface area (Å²) < 4.78 is 35.4.